The normalized spacial score (nSPS) is 12.0. The molecule has 0 fully saturated rings. The van der Waals surface area contributed by atoms with Crippen LogP contribution in [0.4, 0.5) is 0 Å². The number of rotatable bonds is 39. The van der Waals surface area contributed by atoms with E-state index in [1.165, 1.54) is 193 Å². The summed E-state index contributed by atoms with van der Waals surface area (Å²) in [7, 11) is 0. The Bertz CT molecular complexity index is 619. The van der Waals surface area contributed by atoms with Crippen LogP contribution in [-0.2, 0) is 14.3 Å². The summed E-state index contributed by atoms with van der Waals surface area (Å²) in [5.74, 6) is -0.615. The molecule has 0 rings (SSSR count). The number of hydrogen-bond acceptors (Lipinski definition) is 3. The van der Waals surface area contributed by atoms with Crippen LogP contribution in [0, 0.1) is 0 Å². The first kappa shape index (κ1) is 44.9. The van der Waals surface area contributed by atoms with Crippen molar-refractivity contribution in [3.8, 4) is 0 Å². The van der Waals surface area contributed by atoms with Gasteiger partial charge < -0.3 is 9.84 Å². The van der Waals surface area contributed by atoms with Crippen LogP contribution in [0.15, 0.2) is 0 Å². The minimum Gasteiger partial charge on any atom is -0.481 e. The van der Waals surface area contributed by atoms with E-state index >= 15 is 0 Å². The number of hydrogen-bond donors (Lipinski definition) is 1. The SMILES string of the molecule is CCCCCCCCCCCCCCCCCC(=O)OC(CCCCCCC)CCCCCCCCCCCCCCCC(=O)O. The number of carbonyl (C=O) groups excluding carboxylic acids is 1. The van der Waals surface area contributed by atoms with Crippen molar-refractivity contribution in [3.63, 3.8) is 0 Å². The van der Waals surface area contributed by atoms with Gasteiger partial charge in [0.05, 0.1) is 0 Å². The predicted molar refractivity (Wildman–Crippen MR) is 200 cm³/mol. The van der Waals surface area contributed by atoms with Gasteiger partial charge in [0.15, 0.2) is 0 Å². The van der Waals surface area contributed by atoms with Gasteiger partial charge in [0.25, 0.3) is 0 Å². The van der Waals surface area contributed by atoms with Crippen molar-refractivity contribution in [2.45, 2.75) is 258 Å². The van der Waals surface area contributed by atoms with Crippen LogP contribution >= 0.6 is 0 Å². The van der Waals surface area contributed by atoms with E-state index < -0.39 is 5.97 Å². The van der Waals surface area contributed by atoms with Gasteiger partial charge in [-0.3, -0.25) is 9.59 Å². The predicted octanol–water partition coefficient (Wildman–Crippen LogP) is 14.5. The molecule has 1 atom stereocenters. The highest BCUT2D eigenvalue weighted by atomic mass is 16.5. The molecule has 0 aliphatic carbocycles. The molecule has 0 saturated carbocycles. The van der Waals surface area contributed by atoms with Crippen molar-refractivity contribution in [2.75, 3.05) is 0 Å². The molecule has 4 nitrogen and oxygen atoms in total. The Labute approximate surface area is 288 Å². The summed E-state index contributed by atoms with van der Waals surface area (Å²) in [5, 5.41) is 8.69. The highest BCUT2D eigenvalue weighted by Crippen LogP contribution is 2.19. The average Bonchev–Trinajstić information content (AvgIpc) is 3.04. The maximum absolute atomic E-state index is 12.7. The molecule has 0 saturated heterocycles. The summed E-state index contributed by atoms with van der Waals surface area (Å²) in [6, 6.07) is 0. The van der Waals surface area contributed by atoms with Crippen LogP contribution in [0.5, 0.6) is 0 Å². The van der Waals surface area contributed by atoms with Crippen LogP contribution in [-0.4, -0.2) is 23.1 Å². The standard InChI is InChI=1S/C42H82O4/c1-3-5-7-9-10-11-12-13-14-18-21-24-27-31-35-39-42(45)46-40(36-32-28-8-6-4-2)37-33-29-25-22-19-16-15-17-20-23-26-30-34-38-41(43)44/h40H,3-39H2,1-2H3,(H,43,44). The molecule has 274 valence electrons. The van der Waals surface area contributed by atoms with Crippen LogP contribution in [0.2, 0.25) is 0 Å². The van der Waals surface area contributed by atoms with Gasteiger partial charge >= 0.3 is 11.9 Å². The first-order valence-electron chi connectivity index (χ1n) is 21.0. The smallest absolute Gasteiger partial charge is 0.306 e. The second-order valence-corrected chi connectivity index (χ2v) is 14.5. The number of carboxylic acids is 1. The number of unbranched alkanes of at least 4 members (excludes halogenated alkanes) is 30. The minimum atomic E-state index is -0.665. The third-order valence-corrected chi connectivity index (χ3v) is 9.83. The average molecular weight is 651 g/mol. The summed E-state index contributed by atoms with van der Waals surface area (Å²) in [5.41, 5.74) is 0. The molecule has 0 aliphatic rings. The molecule has 1 unspecified atom stereocenters. The lowest BCUT2D eigenvalue weighted by atomic mass is 10.0. The molecule has 46 heavy (non-hydrogen) atoms. The van der Waals surface area contributed by atoms with E-state index in [2.05, 4.69) is 13.8 Å². The lowest BCUT2D eigenvalue weighted by Gasteiger charge is -2.18. The second kappa shape index (κ2) is 38.4. The second-order valence-electron chi connectivity index (χ2n) is 14.5. The van der Waals surface area contributed by atoms with Crippen LogP contribution in [0.1, 0.15) is 251 Å². The van der Waals surface area contributed by atoms with E-state index in [-0.39, 0.29) is 12.1 Å². The van der Waals surface area contributed by atoms with Gasteiger partial charge in [-0.2, -0.15) is 0 Å². The fourth-order valence-corrected chi connectivity index (χ4v) is 6.72. The Hall–Kier alpha value is -1.06. The Balaban J connectivity index is 3.81. The van der Waals surface area contributed by atoms with Gasteiger partial charge in [0.2, 0.25) is 0 Å². The Morgan fingerprint density at radius 3 is 0.957 bits per heavy atom. The van der Waals surface area contributed by atoms with Crippen molar-refractivity contribution >= 4 is 11.9 Å². The van der Waals surface area contributed by atoms with Gasteiger partial charge in [0.1, 0.15) is 6.10 Å². The number of carbonyl (C=O) groups is 2. The molecule has 0 bridgehead atoms. The topological polar surface area (TPSA) is 63.6 Å². The zero-order chi connectivity index (χ0) is 33.6. The summed E-state index contributed by atoms with van der Waals surface area (Å²) >= 11 is 0. The largest absolute Gasteiger partial charge is 0.481 e. The van der Waals surface area contributed by atoms with E-state index in [9.17, 15) is 9.59 Å². The van der Waals surface area contributed by atoms with E-state index in [0.717, 1.165) is 32.1 Å². The first-order valence-corrected chi connectivity index (χ1v) is 21.0. The van der Waals surface area contributed by atoms with Gasteiger partial charge in [0, 0.05) is 12.8 Å². The highest BCUT2D eigenvalue weighted by Gasteiger charge is 2.14. The fraction of sp³-hybridized carbons (Fsp3) is 0.952. The molecular formula is C42H82O4. The van der Waals surface area contributed by atoms with Gasteiger partial charge in [-0.05, 0) is 38.5 Å². The zero-order valence-electron chi connectivity index (χ0n) is 31.4. The fourth-order valence-electron chi connectivity index (χ4n) is 6.72. The monoisotopic (exact) mass is 651 g/mol. The van der Waals surface area contributed by atoms with Crippen molar-refractivity contribution in [2.24, 2.45) is 0 Å². The van der Waals surface area contributed by atoms with Gasteiger partial charge in [-0.1, -0.05) is 200 Å². The number of esters is 1. The third-order valence-electron chi connectivity index (χ3n) is 9.83. The van der Waals surface area contributed by atoms with Gasteiger partial charge in [-0.25, -0.2) is 0 Å². The summed E-state index contributed by atoms with van der Waals surface area (Å²) in [6.07, 6.45) is 45.8. The maximum Gasteiger partial charge on any atom is 0.306 e. The van der Waals surface area contributed by atoms with E-state index in [1.54, 1.807) is 0 Å². The molecular weight excluding hydrogens is 568 g/mol. The van der Waals surface area contributed by atoms with Gasteiger partial charge in [-0.15, -0.1) is 0 Å². The van der Waals surface area contributed by atoms with E-state index in [0.29, 0.717) is 12.8 Å². The molecule has 0 heterocycles. The van der Waals surface area contributed by atoms with Crippen LogP contribution < -0.4 is 0 Å². The lowest BCUT2D eigenvalue weighted by molar-refractivity contribution is -0.150. The lowest BCUT2D eigenvalue weighted by Crippen LogP contribution is -2.18. The molecule has 0 spiro atoms. The Kier molecular flexibility index (Phi) is 37.5. The molecule has 0 aromatic heterocycles. The first-order chi connectivity index (χ1) is 22.6. The molecule has 0 aromatic rings. The molecule has 1 N–H and O–H groups in total. The Morgan fingerprint density at radius 1 is 0.391 bits per heavy atom. The van der Waals surface area contributed by atoms with E-state index in [4.69, 9.17) is 9.84 Å². The van der Waals surface area contributed by atoms with Crippen LogP contribution in [0.25, 0.3) is 0 Å². The molecule has 0 aromatic carbocycles. The summed E-state index contributed by atoms with van der Waals surface area (Å²) < 4.78 is 6.04. The number of ether oxygens (including phenoxy) is 1. The molecule has 0 amide bonds. The highest BCUT2D eigenvalue weighted by molar-refractivity contribution is 5.69. The molecule has 4 heteroatoms. The summed E-state index contributed by atoms with van der Waals surface area (Å²) in [6.45, 7) is 4.55. The maximum atomic E-state index is 12.7. The minimum absolute atomic E-state index is 0.0495. The molecule has 0 radical (unpaired) electrons. The van der Waals surface area contributed by atoms with Crippen molar-refractivity contribution < 1.29 is 19.4 Å². The van der Waals surface area contributed by atoms with Crippen molar-refractivity contribution in [1.29, 1.82) is 0 Å². The number of aliphatic carboxylic acids is 1. The van der Waals surface area contributed by atoms with Crippen molar-refractivity contribution in [1.82, 2.24) is 0 Å². The quantitative estimate of drug-likeness (QED) is 0.0531. The van der Waals surface area contributed by atoms with E-state index in [1.807, 2.05) is 0 Å². The van der Waals surface area contributed by atoms with Crippen molar-refractivity contribution in [3.05, 3.63) is 0 Å². The third kappa shape index (κ3) is 37.4. The Morgan fingerprint density at radius 2 is 0.652 bits per heavy atom. The van der Waals surface area contributed by atoms with Crippen LogP contribution in [0.3, 0.4) is 0 Å². The molecule has 0 aliphatic heterocycles. The number of carboxylic acid groups (broad SMARTS) is 1. The summed E-state index contributed by atoms with van der Waals surface area (Å²) in [4.78, 5) is 23.2. The zero-order valence-corrected chi connectivity index (χ0v) is 31.4.